The summed E-state index contributed by atoms with van der Waals surface area (Å²) in [5, 5.41) is 0. The van der Waals surface area contributed by atoms with E-state index in [2.05, 4.69) is 25.8 Å². The van der Waals surface area contributed by atoms with Crippen LogP contribution in [0.3, 0.4) is 0 Å². The van der Waals surface area contributed by atoms with Crippen molar-refractivity contribution in [2.75, 3.05) is 33.9 Å². The van der Waals surface area contributed by atoms with E-state index < -0.39 is 0 Å². The van der Waals surface area contributed by atoms with Crippen molar-refractivity contribution in [1.82, 2.24) is 4.90 Å². The van der Waals surface area contributed by atoms with Gasteiger partial charge in [-0.1, -0.05) is 13.8 Å². The number of ether oxygens (including phenoxy) is 1. The number of nitrogens with zero attached hydrogens (tertiary/aromatic N) is 1. The van der Waals surface area contributed by atoms with Crippen LogP contribution in [0.25, 0.3) is 0 Å². The molecular weight excluding hydrogens is 162 g/mol. The Morgan fingerprint density at radius 2 is 1.77 bits per heavy atom. The monoisotopic (exact) mass is 187 g/mol. The maximum atomic E-state index is 5.01. The summed E-state index contributed by atoms with van der Waals surface area (Å²) < 4.78 is 5.01. The van der Waals surface area contributed by atoms with Crippen molar-refractivity contribution in [3.63, 3.8) is 0 Å². The number of hydrogen-bond donors (Lipinski definition) is 0. The van der Waals surface area contributed by atoms with E-state index in [1.165, 1.54) is 19.4 Å². The van der Waals surface area contributed by atoms with Crippen molar-refractivity contribution in [2.24, 2.45) is 5.92 Å². The average molecular weight is 187 g/mol. The Labute approximate surface area is 83.3 Å². The van der Waals surface area contributed by atoms with E-state index in [-0.39, 0.29) is 0 Å². The highest BCUT2D eigenvalue weighted by Gasteiger charge is 1.99. The Morgan fingerprint density at radius 3 is 2.31 bits per heavy atom. The van der Waals surface area contributed by atoms with Crippen molar-refractivity contribution >= 4 is 0 Å². The molecule has 0 N–H and O–H groups in total. The molecule has 0 atom stereocenters. The molecule has 2 heteroatoms. The molecule has 0 unspecified atom stereocenters. The van der Waals surface area contributed by atoms with E-state index in [1.807, 2.05) is 0 Å². The highest BCUT2D eigenvalue weighted by Crippen LogP contribution is 2.04. The first kappa shape index (κ1) is 12.9. The van der Waals surface area contributed by atoms with Crippen molar-refractivity contribution < 1.29 is 4.74 Å². The van der Waals surface area contributed by atoms with Crippen molar-refractivity contribution in [2.45, 2.75) is 33.1 Å². The van der Waals surface area contributed by atoms with Crippen LogP contribution in [0.1, 0.15) is 33.1 Å². The lowest BCUT2D eigenvalue weighted by atomic mass is 10.1. The average Bonchev–Trinajstić information content (AvgIpc) is 2.04. The van der Waals surface area contributed by atoms with Crippen LogP contribution in [-0.2, 0) is 4.74 Å². The molecule has 0 aromatic carbocycles. The normalized spacial score (nSPS) is 11.5. The summed E-state index contributed by atoms with van der Waals surface area (Å²) in [5.41, 5.74) is 0. The zero-order chi connectivity index (χ0) is 10.1. The minimum atomic E-state index is 0.840. The van der Waals surface area contributed by atoms with E-state index >= 15 is 0 Å². The van der Waals surface area contributed by atoms with E-state index in [0.29, 0.717) is 0 Å². The Balaban J connectivity index is 3.15. The van der Waals surface area contributed by atoms with Gasteiger partial charge >= 0.3 is 0 Å². The van der Waals surface area contributed by atoms with Gasteiger partial charge in [-0.3, -0.25) is 0 Å². The summed E-state index contributed by atoms with van der Waals surface area (Å²) in [6.45, 7) is 7.83. The first-order valence-corrected chi connectivity index (χ1v) is 5.34. The summed E-state index contributed by atoms with van der Waals surface area (Å²) in [7, 11) is 3.95. The molecule has 0 amide bonds. The van der Waals surface area contributed by atoms with Crippen LogP contribution in [0.2, 0.25) is 0 Å². The molecule has 0 saturated heterocycles. The van der Waals surface area contributed by atoms with Gasteiger partial charge in [0.1, 0.15) is 0 Å². The van der Waals surface area contributed by atoms with Crippen LogP contribution in [0.15, 0.2) is 0 Å². The van der Waals surface area contributed by atoms with Crippen LogP contribution in [0, 0.1) is 5.92 Å². The smallest absolute Gasteiger partial charge is 0.0474 e. The van der Waals surface area contributed by atoms with Gasteiger partial charge in [0, 0.05) is 20.3 Å². The lowest BCUT2D eigenvalue weighted by Gasteiger charge is -2.16. The molecule has 13 heavy (non-hydrogen) atoms. The van der Waals surface area contributed by atoms with E-state index in [1.54, 1.807) is 7.11 Å². The van der Waals surface area contributed by atoms with E-state index in [4.69, 9.17) is 4.74 Å². The molecule has 80 valence electrons. The minimum absolute atomic E-state index is 0.840. The highest BCUT2D eigenvalue weighted by molar-refractivity contribution is 4.53. The molecular formula is C11H25NO. The molecule has 0 radical (unpaired) electrons. The molecule has 0 aromatic heterocycles. The Hall–Kier alpha value is -0.0800. The second-order valence-electron chi connectivity index (χ2n) is 4.19. The number of methoxy groups -OCH3 is 1. The van der Waals surface area contributed by atoms with Gasteiger partial charge in [0.2, 0.25) is 0 Å². The first-order valence-electron chi connectivity index (χ1n) is 5.34. The zero-order valence-corrected chi connectivity index (χ0v) is 9.68. The van der Waals surface area contributed by atoms with E-state index in [0.717, 1.165) is 25.5 Å². The molecule has 0 aliphatic rings. The summed E-state index contributed by atoms with van der Waals surface area (Å²) in [5.74, 6) is 0.840. The molecule has 0 spiro atoms. The summed E-state index contributed by atoms with van der Waals surface area (Å²) >= 11 is 0. The third-order valence-electron chi connectivity index (χ3n) is 2.21. The molecule has 0 aromatic rings. The fourth-order valence-electron chi connectivity index (χ4n) is 1.36. The van der Waals surface area contributed by atoms with Crippen LogP contribution in [-0.4, -0.2) is 38.8 Å². The SMILES string of the molecule is COCCCN(C)CCCC(C)C. The van der Waals surface area contributed by atoms with Gasteiger partial charge in [0.15, 0.2) is 0 Å². The number of hydrogen-bond acceptors (Lipinski definition) is 2. The topological polar surface area (TPSA) is 12.5 Å². The third kappa shape index (κ3) is 9.84. The van der Waals surface area contributed by atoms with Crippen molar-refractivity contribution in [1.29, 1.82) is 0 Å². The molecule has 0 saturated carbocycles. The van der Waals surface area contributed by atoms with Gasteiger partial charge in [0.25, 0.3) is 0 Å². The van der Waals surface area contributed by atoms with Crippen LogP contribution >= 0.6 is 0 Å². The Bertz CT molecular complexity index is 104. The molecule has 0 aliphatic carbocycles. The Kier molecular flexibility index (Phi) is 8.46. The van der Waals surface area contributed by atoms with Gasteiger partial charge in [-0.15, -0.1) is 0 Å². The lowest BCUT2D eigenvalue weighted by molar-refractivity contribution is 0.178. The van der Waals surface area contributed by atoms with Crippen molar-refractivity contribution in [3.8, 4) is 0 Å². The van der Waals surface area contributed by atoms with Crippen LogP contribution in [0.5, 0.6) is 0 Å². The highest BCUT2D eigenvalue weighted by atomic mass is 16.5. The summed E-state index contributed by atoms with van der Waals surface area (Å²) in [6.07, 6.45) is 3.81. The van der Waals surface area contributed by atoms with Gasteiger partial charge in [-0.2, -0.15) is 0 Å². The maximum absolute atomic E-state index is 5.01. The summed E-state index contributed by atoms with van der Waals surface area (Å²) in [6, 6.07) is 0. The molecule has 0 heterocycles. The standard InChI is InChI=1S/C11H25NO/c1-11(2)7-5-8-12(3)9-6-10-13-4/h11H,5-10H2,1-4H3. The van der Waals surface area contributed by atoms with Gasteiger partial charge in [0.05, 0.1) is 0 Å². The first-order chi connectivity index (χ1) is 6.16. The van der Waals surface area contributed by atoms with Gasteiger partial charge < -0.3 is 9.64 Å². The lowest BCUT2D eigenvalue weighted by Crippen LogP contribution is -2.22. The quantitative estimate of drug-likeness (QED) is 0.541. The fourth-order valence-corrected chi connectivity index (χ4v) is 1.36. The third-order valence-corrected chi connectivity index (χ3v) is 2.21. The zero-order valence-electron chi connectivity index (χ0n) is 9.68. The van der Waals surface area contributed by atoms with Crippen molar-refractivity contribution in [3.05, 3.63) is 0 Å². The Morgan fingerprint density at radius 1 is 1.15 bits per heavy atom. The molecule has 0 bridgehead atoms. The van der Waals surface area contributed by atoms with Crippen LogP contribution in [0.4, 0.5) is 0 Å². The predicted molar refractivity (Wildman–Crippen MR) is 58.1 cm³/mol. The fraction of sp³-hybridized carbons (Fsp3) is 1.00. The summed E-state index contributed by atoms with van der Waals surface area (Å²) in [4.78, 5) is 2.39. The molecule has 0 fully saturated rings. The molecule has 0 aliphatic heterocycles. The largest absolute Gasteiger partial charge is 0.385 e. The minimum Gasteiger partial charge on any atom is -0.385 e. The number of rotatable bonds is 8. The predicted octanol–water partition coefficient (Wildman–Crippen LogP) is 2.39. The van der Waals surface area contributed by atoms with Gasteiger partial charge in [-0.25, -0.2) is 0 Å². The molecule has 0 rings (SSSR count). The maximum Gasteiger partial charge on any atom is 0.0474 e. The second-order valence-corrected chi connectivity index (χ2v) is 4.19. The van der Waals surface area contributed by atoms with Crippen LogP contribution < -0.4 is 0 Å². The second kappa shape index (κ2) is 8.52. The van der Waals surface area contributed by atoms with Gasteiger partial charge in [-0.05, 0) is 38.8 Å². The van der Waals surface area contributed by atoms with E-state index in [9.17, 15) is 0 Å². The molecule has 2 nitrogen and oxygen atoms in total.